The van der Waals surface area contributed by atoms with Gasteiger partial charge in [-0.1, -0.05) is 0 Å². The van der Waals surface area contributed by atoms with E-state index >= 15 is 0 Å². The minimum absolute atomic E-state index is 0.273. The average molecular weight is 193 g/mol. The van der Waals surface area contributed by atoms with Crippen molar-refractivity contribution in [2.24, 2.45) is 5.92 Å². The third kappa shape index (κ3) is 2.16. The summed E-state index contributed by atoms with van der Waals surface area (Å²) in [5.74, 6) is -1.58. The van der Waals surface area contributed by atoms with Crippen molar-refractivity contribution < 1.29 is 14.3 Å². The lowest BCUT2D eigenvalue weighted by Gasteiger charge is -2.06. The van der Waals surface area contributed by atoms with Crippen LogP contribution in [0.3, 0.4) is 0 Å². The third-order valence-electron chi connectivity index (χ3n) is 1.89. The van der Waals surface area contributed by atoms with Gasteiger partial charge in [0.25, 0.3) is 0 Å². The molecular weight excluding hydrogens is 182 g/mol. The number of aromatic nitrogens is 1. The van der Waals surface area contributed by atoms with Crippen molar-refractivity contribution in [2.45, 2.75) is 6.92 Å². The lowest BCUT2D eigenvalue weighted by atomic mass is 10.0. The maximum Gasteiger partial charge on any atom is 0.316 e. The van der Waals surface area contributed by atoms with Crippen molar-refractivity contribution >= 4 is 11.8 Å². The number of carbonyl (C=O) groups excluding carboxylic acids is 2. The first-order valence-electron chi connectivity index (χ1n) is 4.19. The van der Waals surface area contributed by atoms with Crippen LogP contribution in [0.15, 0.2) is 24.5 Å². The van der Waals surface area contributed by atoms with Gasteiger partial charge in [-0.3, -0.25) is 14.6 Å². The number of ketones is 1. The topological polar surface area (TPSA) is 56.3 Å². The predicted octanol–water partition coefficient (Wildman–Crippen LogP) is 1.07. The first-order valence-corrected chi connectivity index (χ1v) is 4.19. The summed E-state index contributed by atoms with van der Waals surface area (Å²) in [6.07, 6.45) is 3.00. The standard InChI is InChI=1S/C10H11NO3/c1-7(10(13)14-2)9(12)8-4-3-5-11-6-8/h3-7H,1-2H3. The maximum absolute atomic E-state index is 11.6. The molecule has 0 saturated heterocycles. The molecule has 1 atom stereocenters. The van der Waals surface area contributed by atoms with Crippen LogP contribution in [-0.2, 0) is 9.53 Å². The first kappa shape index (κ1) is 10.4. The molecule has 0 spiro atoms. The van der Waals surface area contributed by atoms with Crippen LogP contribution < -0.4 is 0 Å². The van der Waals surface area contributed by atoms with Gasteiger partial charge in [0.2, 0.25) is 0 Å². The minimum Gasteiger partial charge on any atom is -0.468 e. The number of hydrogen-bond donors (Lipinski definition) is 0. The van der Waals surface area contributed by atoms with Gasteiger partial charge in [0.1, 0.15) is 5.92 Å². The number of Topliss-reactive ketones (excluding diaryl/α,β-unsaturated/α-hetero) is 1. The quantitative estimate of drug-likeness (QED) is 0.409. The molecule has 0 bridgehead atoms. The highest BCUT2D eigenvalue weighted by molar-refractivity contribution is 6.08. The van der Waals surface area contributed by atoms with Crippen LogP contribution in [0.25, 0.3) is 0 Å². The fourth-order valence-corrected chi connectivity index (χ4v) is 1.04. The molecule has 4 nitrogen and oxygen atoms in total. The first-order chi connectivity index (χ1) is 6.66. The minimum atomic E-state index is -0.774. The Balaban J connectivity index is 2.81. The van der Waals surface area contributed by atoms with E-state index in [1.165, 1.54) is 20.2 Å². The van der Waals surface area contributed by atoms with Gasteiger partial charge < -0.3 is 4.74 Å². The summed E-state index contributed by atoms with van der Waals surface area (Å²) in [7, 11) is 1.26. The average Bonchev–Trinajstić information content (AvgIpc) is 2.27. The zero-order valence-corrected chi connectivity index (χ0v) is 8.06. The Labute approximate surface area is 81.9 Å². The Morgan fingerprint density at radius 2 is 2.21 bits per heavy atom. The molecule has 0 aliphatic carbocycles. The number of rotatable bonds is 3. The number of esters is 1. The van der Waals surface area contributed by atoms with E-state index in [0.29, 0.717) is 5.56 Å². The Bertz CT molecular complexity index is 334. The summed E-state index contributed by atoms with van der Waals surface area (Å²) in [4.78, 5) is 26.5. The Morgan fingerprint density at radius 3 is 2.71 bits per heavy atom. The highest BCUT2D eigenvalue weighted by atomic mass is 16.5. The molecule has 0 radical (unpaired) electrons. The smallest absolute Gasteiger partial charge is 0.316 e. The van der Waals surface area contributed by atoms with Crippen LogP contribution in [0.4, 0.5) is 0 Å². The molecule has 1 unspecified atom stereocenters. The molecule has 0 aromatic carbocycles. The van der Waals surface area contributed by atoms with Crippen LogP contribution >= 0.6 is 0 Å². The van der Waals surface area contributed by atoms with Gasteiger partial charge in [-0.15, -0.1) is 0 Å². The van der Waals surface area contributed by atoms with Crippen LogP contribution in [0.1, 0.15) is 17.3 Å². The molecule has 1 aromatic heterocycles. The molecule has 0 aliphatic heterocycles. The normalized spacial score (nSPS) is 11.9. The van der Waals surface area contributed by atoms with Gasteiger partial charge >= 0.3 is 5.97 Å². The van der Waals surface area contributed by atoms with Gasteiger partial charge in [0.15, 0.2) is 5.78 Å². The molecule has 0 saturated carbocycles. The Kier molecular flexibility index (Phi) is 3.34. The lowest BCUT2D eigenvalue weighted by Crippen LogP contribution is -2.22. The van der Waals surface area contributed by atoms with E-state index < -0.39 is 11.9 Å². The second-order valence-corrected chi connectivity index (χ2v) is 2.85. The van der Waals surface area contributed by atoms with Crippen LogP contribution in [0.5, 0.6) is 0 Å². The SMILES string of the molecule is COC(=O)C(C)C(=O)c1cccnc1. The fourth-order valence-electron chi connectivity index (χ4n) is 1.04. The molecule has 74 valence electrons. The van der Waals surface area contributed by atoms with Crippen LogP contribution in [0, 0.1) is 5.92 Å². The number of nitrogens with zero attached hydrogens (tertiary/aromatic N) is 1. The largest absolute Gasteiger partial charge is 0.468 e. The van der Waals surface area contributed by atoms with Crippen molar-refractivity contribution in [3.8, 4) is 0 Å². The molecule has 1 heterocycles. The summed E-state index contributed by atoms with van der Waals surface area (Å²) >= 11 is 0. The third-order valence-corrected chi connectivity index (χ3v) is 1.89. The molecule has 0 aliphatic rings. The Morgan fingerprint density at radius 1 is 1.50 bits per heavy atom. The monoisotopic (exact) mass is 193 g/mol. The van der Waals surface area contributed by atoms with Gasteiger partial charge in [-0.25, -0.2) is 0 Å². The van der Waals surface area contributed by atoms with E-state index in [-0.39, 0.29) is 5.78 Å². The van der Waals surface area contributed by atoms with E-state index in [1.807, 2.05) is 0 Å². The van der Waals surface area contributed by atoms with Crippen LogP contribution in [0.2, 0.25) is 0 Å². The predicted molar refractivity (Wildman–Crippen MR) is 49.7 cm³/mol. The van der Waals surface area contributed by atoms with Gasteiger partial charge in [0, 0.05) is 18.0 Å². The van der Waals surface area contributed by atoms with E-state index in [9.17, 15) is 9.59 Å². The fraction of sp³-hybridized carbons (Fsp3) is 0.300. The summed E-state index contributed by atoms with van der Waals surface area (Å²) in [6.45, 7) is 1.52. The highest BCUT2D eigenvalue weighted by Crippen LogP contribution is 2.08. The summed E-state index contributed by atoms with van der Waals surface area (Å²) in [5, 5.41) is 0. The highest BCUT2D eigenvalue weighted by Gasteiger charge is 2.23. The molecular formula is C10H11NO3. The summed E-state index contributed by atoms with van der Waals surface area (Å²) < 4.78 is 4.47. The lowest BCUT2D eigenvalue weighted by molar-refractivity contribution is -0.143. The van der Waals surface area contributed by atoms with Crippen molar-refractivity contribution in [3.63, 3.8) is 0 Å². The van der Waals surface area contributed by atoms with Gasteiger partial charge in [-0.05, 0) is 19.1 Å². The van der Waals surface area contributed by atoms with Crippen molar-refractivity contribution in [2.75, 3.05) is 7.11 Å². The zero-order valence-electron chi connectivity index (χ0n) is 8.06. The summed E-state index contributed by atoms with van der Waals surface area (Å²) in [5.41, 5.74) is 0.422. The van der Waals surface area contributed by atoms with Crippen molar-refractivity contribution in [1.82, 2.24) is 4.98 Å². The van der Waals surface area contributed by atoms with Gasteiger partial charge in [0.05, 0.1) is 7.11 Å². The van der Waals surface area contributed by atoms with Crippen molar-refractivity contribution in [3.05, 3.63) is 30.1 Å². The molecule has 0 amide bonds. The molecule has 14 heavy (non-hydrogen) atoms. The van der Waals surface area contributed by atoms with E-state index in [0.717, 1.165) is 0 Å². The second-order valence-electron chi connectivity index (χ2n) is 2.85. The number of pyridine rings is 1. The second kappa shape index (κ2) is 4.50. The van der Waals surface area contributed by atoms with Gasteiger partial charge in [-0.2, -0.15) is 0 Å². The van der Waals surface area contributed by atoms with E-state index in [1.54, 1.807) is 18.3 Å². The molecule has 1 aromatic rings. The molecule has 0 N–H and O–H groups in total. The number of hydrogen-bond acceptors (Lipinski definition) is 4. The van der Waals surface area contributed by atoms with Crippen molar-refractivity contribution in [1.29, 1.82) is 0 Å². The van der Waals surface area contributed by atoms with E-state index in [2.05, 4.69) is 9.72 Å². The summed E-state index contributed by atoms with van der Waals surface area (Å²) in [6, 6.07) is 3.27. The number of ether oxygens (including phenoxy) is 1. The number of carbonyl (C=O) groups is 2. The van der Waals surface area contributed by atoms with E-state index in [4.69, 9.17) is 0 Å². The van der Waals surface area contributed by atoms with Crippen LogP contribution in [-0.4, -0.2) is 23.8 Å². The molecule has 4 heteroatoms. The maximum atomic E-state index is 11.6. The zero-order chi connectivity index (χ0) is 10.6. The molecule has 0 fully saturated rings. The Hall–Kier alpha value is -1.71. The number of methoxy groups -OCH3 is 1. The molecule has 1 rings (SSSR count).